The van der Waals surface area contributed by atoms with Crippen LogP contribution < -0.4 is 5.73 Å². The Morgan fingerprint density at radius 3 is 2.33 bits per heavy atom. The molecule has 2 atom stereocenters. The van der Waals surface area contributed by atoms with Gasteiger partial charge in [-0.05, 0) is 18.6 Å². The molecule has 0 spiro atoms. The predicted molar refractivity (Wildman–Crippen MR) is 64.3 cm³/mol. The van der Waals surface area contributed by atoms with Crippen LogP contribution in [-0.4, -0.2) is 11.2 Å². The molecule has 0 radical (unpaired) electrons. The van der Waals surface area contributed by atoms with Crippen molar-refractivity contribution in [1.29, 1.82) is 0 Å². The summed E-state index contributed by atoms with van der Waals surface area (Å²) in [4.78, 5) is 0. The third kappa shape index (κ3) is 3.08. The van der Waals surface area contributed by atoms with Crippen molar-refractivity contribution in [3.63, 3.8) is 0 Å². The van der Waals surface area contributed by atoms with Crippen molar-refractivity contribution in [2.75, 3.05) is 0 Å². The van der Waals surface area contributed by atoms with E-state index in [0.717, 1.165) is 6.42 Å². The van der Waals surface area contributed by atoms with Gasteiger partial charge < -0.3 is 10.8 Å². The lowest BCUT2D eigenvalue weighted by atomic mass is 9.99. The number of aliphatic hydroxyl groups excluding tert-OH is 1. The highest BCUT2D eigenvalue weighted by molar-refractivity contribution is 6.36. The van der Waals surface area contributed by atoms with Crippen LogP contribution in [0.25, 0.3) is 0 Å². The van der Waals surface area contributed by atoms with Gasteiger partial charge in [-0.15, -0.1) is 0 Å². The van der Waals surface area contributed by atoms with Gasteiger partial charge in [0, 0.05) is 15.6 Å². The fraction of sp³-hybridized carbons (Fsp3) is 0.455. The molecule has 0 aliphatic carbocycles. The van der Waals surface area contributed by atoms with E-state index in [2.05, 4.69) is 0 Å². The van der Waals surface area contributed by atoms with Crippen molar-refractivity contribution < 1.29 is 5.11 Å². The molecule has 0 aliphatic heterocycles. The monoisotopic (exact) mass is 247 g/mol. The molecule has 0 saturated heterocycles. The van der Waals surface area contributed by atoms with E-state index in [0.29, 0.717) is 22.0 Å². The number of halogens is 2. The van der Waals surface area contributed by atoms with Crippen molar-refractivity contribution in [3.8, 4) is 0 Å². The second-order valence-electron chi connectivity index (χ2n) is 3.52. The highest BCUT2D eigenvalue weighted by atomic mass is 35.5. The molecule has 0 heterocycles. The van der Waals surface area contributed by atoms with Crippen LogP contribution in [0.5, 0.6) is 0 Å². The van der Waals surface area contributed by atoms with E-state index in [4.69, 9.17) is 28.9 Å². The second kappa shape index (κ2) is 5.71. The molecule has 0 aromatic heterocycles. The van der Waals surface area contributed by atoms with E-state index >= 15 is 0 Å². The summed E-state index contributed by atoms with van der Waals surface area (Å²) in [6.07, 6.45) is 0.909. The van der Waals surface area contributed by atoms with Crippen LogP contribution in [0, 0.1) is 0 Å². The van der Waals surface area contributed by atoms with Gasteiger partial charge in [-0.2, -0.15) is 0 Å². The topological polar surface area (TPSA) is 46.2 Å². The standard InChI is InChI=1S/C11H15Cl2NO/c1-2-4-9(15)11(14)10-7(12)5-3-6-8(10)13/h3,5-6,9,11,15H,2,4,14H2,1H3/t9-,11-/m0/s1. The molecule has 84 valence electrons. The van der Waals surface area contributed by atoms with E-state index in [1.807, 2.05) is 6.92 Å². The fourth-order valence-electron chi connectivity index (χ4n) is 1.50. The highest BCUT2D eigenvalue weighted by Crippen LogP contribution is 2.31. The lowest BCUT2D eigenvalue weighted by molar-refractivity contribution is 0.134. The molecule has 0 aliphatic rings. The molecule has 0 fully saturated rings. The minimum Gasteiger partial charge on any atom is -0.391 e. The zero-order valence-corrected chi connectivity index (χ0v) is 10.1. The van der Waals surface area contributed by atoms with Gasteiger partial charge in [0.15, 0.2) is 0 Å². The van der Waals surface area contributed by atoms with Crippen LogP contribution in [0.1, 0.15) is 31.4 Å². The number of aliphatic hydroxyl groups is 1. The molecule has 4 heteroatoms. The Kier molecular flexibility index (Phi) is 4.87. The Morgan fingerprint density at radius 1 is 1.33 bits per heavy atom. The first-order valence-corrected chi connectivity index (χ1v) is 5.71. The summed E-state index contributed by atoms with van der Waals surface area (Å²) < 4.78 is 0. The number of benzene rings is 1. The molecular weight excluding hydrogens is 233 g/mol. The Morgan fingerprint density at radius 2 is 1.87 bits per heavy atom. The van der Waals surface area contributed by atoms with Crippen molar-refractivity contribution in [2.45, 2.75) is 31.9 Å². The zero-order chi connectivity index (χ0) is 11.4. The Balaban J connectivity index is 2.94. The summed E-state index contributed by atoms with van der Waals surface area (Å²) in [7, 11) is 0. The summed E-state index contributed by atoms with van der Waals surface area (Å²) in [5, 5.41) is 10.8. The molecular formula is C11H15Cl2NO. The van der Waals surface area contributed by atoms with Crippen molar-refractivity contribution in [1.82, 2.24) is 0 Å². The van der Waals surface area contributed by atoms with Crippen LogP contribution >= 0.6 is 23.2 Å². The SMILES string of the molecule is CCC[C@H](O)[C@H](N)c1c(Cl)cccc1Cl. The lowest BCUT2D eigenvalue weighted by Crippen LogP contribution is -2.26. The predicted octanol–water partition coefficient (Wildman–Crippen LogP) is 3.15. The maximum absolute atomic E-state index is 9.78. The van der Waals surface area contributed by atoms with Crippen LogP contribution in [0.3, 0.4) is 0 Å². The van der Waals surface area contributed by atoms with Crippen LogP contribution in [0.15, 0.2) is 18.2 Å². The number of nitrogens with two attached hydrogens (primary N) is 1. The Labute approximate surface area is 100.0 Å². The molecule has 15 heavy (non-hydrogen) atoms. The first-order chi connectivity index (χ1) is 7.07. The molecule has 0 bridgehead atoms. The summed E-state index contributed by atoms with van der Waals surface area (Å²) in [6.45, 7) is 1.99. The Hall–Kier alpha value is -0.280. The zero-order valence-electron chi connectivity index (χ0n) is 8.58. The van der Waals surface area contributed by atoms with E-state index in [-0.39, 0.29) is 0 Å². The molecule has 0 saturated carbocycles. The molecule has 0 amide bonds. The van der Waals surface area contributed by atoms with Gasteiger partial charge in [0.05, 0.1) is 12.1 Å². The quantitative estimate of drug-likeness (QED) is 0.859. The smallest absolute Gasteiger partial charge is 0.0733 e. The number of hydrogen-bond acceptors (Lipinski definition) is 2. The lowest BCUT2D eigenvalue weighted by Gasteiger charge is -2.20. The van der Waals surface area contributed by atoms with E-state index in [9.17, 15) is 5.11 Å². The van der Waals surface area contributed by atoms with Crippen molar-refractivity contribution >= 4 is 23.2 Å². The summed E-state index contributed by atoms with van der Waals surface area (Å²) in [6, 6.07) is 4.68. The fourth-order valence-corrected chi connectivity index (χ4v) is 2.15. The van der Waals surface area contributed by atoms with Crippen LogP contribution in [0.2, 0.25) is 10.0 Å². The average Bonchev–Trinajstić information content (AvgIpc) is 2.17. The van der Waals surface area contributed by atoms with Gasteiger partial charge in [0.25, 0.3) is 0 Å². The first kappa shape index (κ1) is 12.8. The summed E-state index contributed by atoms with van der Waals surface area (Å²) >= 11 is 12.0. The maximum atomic E-state index is 9.78. The van der Waals surface area contributed by atoms with Gasteiger partial charge in [0.1, 0.15) is 0 Å². The normalized spacial score (nSPS) is 15.0. The minimum absolute atomic E-state index is 0.505. The van der Waals surface area contributed by atoms with Crippen LogP contribution in [-0.2, 0) is 0 Å². The van der Waals surface area contributed by atoms with Gasteiger partial charge in [0.2, 0.25) is 0 Å². The summed E-state index contributed by atoms with van der Waals surface area (Å²) in [5.41, 5.74) is 6.53. The highest BCUT2D eigenvalue weighted by Gasteiger charge is 2.20. The third-order valence-electron chi connectivity index (χ3n) is 2.33. The van der Waals surface area contributed by atoms with E-state index in [1.165, 1.54) is 0 Å². The minimum atomic E-state index is -0.604. The summed E-state index contributed by atoms with van der Waals surface area (Å²) in [5.74, 6) is 0. The molecule has 0 unspecified atom stereocenters. The molecule has 3 N–H and O–H groups in total. The van der Waals surface area contributed by atoms with E-state index < -0.39 is 12.1 Å². The van der Waals surface area contributed by atoms with Crippen molar-refractivity contribution in [3.05, 3.63) is 33.8 Å². The van der Waals surface area contributed by atoms with Gasteiger partial charge >= 0.3 is 0 Å². The number of hydrogen-bond donors (Lipinski definition) is 2. The Bertz CT molecular complexity index is 310. The molecule has 1 rings (SSSR count). The van der Waals surface area contributed by atoms with Gasteiger partial charge in [-0.3, -0.25) is 0 Å². The molecule has 1 aromatic rings. The van der Waals surface area contributed by atoms with Crippen LogP contribution in [0.4, 0.5) is 0 Å². The van der Waals surface area contributed by atoms with Gasteiger partial charge in [-0.25, -0.2) is 0 Å². The first-order valence-electron chi connectivity index (χ1n) is 4.95. The molecule has 2 nitrogen and oxygen atoms in total. The van der Waals surface area contributed by atoms with Gasteiger partial charge in [-0.1, -0.05) is 42.6 Å². The number of rotatable bonds is 4. The average molecular weight is 248 g/mol. The maximum Gasteiger partial charge on any atom is 0.0733 e. The third-order valence-corrected chi connectivity index (χ3v) is 2.99. The van der Waals surface area contributed by atoms with E-state index in [1.54, 1.807) is 18.2 Å². The molecule has 1 aromatic carbocycles. The van der Waals surface area contributed by atoms with Crippen molar-refractivity contribution in [2.24, 2.45) is 5.73 Å². The second-order valence-corrected chi connectivity index (χ2v) is 4.33. The largest absolute Gasteiger partial charge is 0.391 e.